The predicted molar refractivity (Wildman–Crippen MR) is 96.2 cm³/mol. The molecule has 0 bridgehead atoms. The summed E-state index contributed by atoms with van der Waals surface area (Å²) in [6.45, 7) is 4.30. The molecular weight excluding hydrogens is 328 g/mol. The van der Waals surface area contributed by atoms with E-state index in [0.29, 0.717) is 10.6 Å². The van der Waals surface area contributed by atoms with Crippen LogP contribution in [0.3, 0.4) is 0 Å². The van der Waals surface area contributed by atoms with Crippen LogP contribution in [0.25, 0.3) is 0 Å². The zero-order valence-corrected chi connectivity index (χ0v) is 14.7. The standard InChI is InChI=1S/C18H21ClN2OS/c1-13(20-18(22)14-6-8-15(19)9-7-14)17(16-5-4-12-23-16)21-10-2-3-11-21/h4-9,12-13,17H,2-3,10-11H2,1H3,(H,20,22)/t13-,17-/m1/s1. The van der Waals surface area contributed by atoms with Gasteiger partial charge in [-0.3, -0.25) is 9.69 Å². The van der Waals surface area contributed by atoms with Gasteiger partial charge in [0, 0.05) is 21.5 Å². The quantitative estimate of drug-likeness (QED) is 0.870. The highest BCUT2D eigenvalue weighted by Gasteiger charge is 2.30. The molecule has 1 fully saturated rings. The molecule has 1 aliphatic rings. The number of rotatable bonds is 5. The summed E-state index contributed by atoms with van der Waals surface area (Å²) in [4.78, 5) is 16.3. The van der Waals surface area contributed by atoms with Crippen LogP contribution in [-0.2, 0) is 0 Å². The average Bonchev–Trinajstić information content (AvgIpc) is 3.22. The van der Waals surface area contributed by atoms with Crippen LogP contribution in [0.1, 0.15) is 41.0 Å². The molecule has 1 N–H and O–H groups in total. The van der Waals surface area contributed by atoms with Crippen LogP contribution < -0.4 is 5.32 Å². The smallest absolute Gasteiger partial charge is 0.251 e. The minimum atomic E-state index is -0.0464. The van der Waals surface area contributed by atoms with Gasteiger partial charge in [-0.25, -0.2) is 0 Å². The van der Waals surface area contributed by atoms with Gasteiger partial charge in [-0.15, -0.1) is 11.3 Å². The van der Waals surface area contributed by atoms with E-state index in [-0.39, 0.29) is 18.0 Å². The first-order valence-electron chi connectivity index (χ1n) is 7.99. The van der Waals surface area contributed by atoms with Gasteiger partial charge in [-0.1, -0.05) is 17.7 Å². The molecule has 0 aliphatic carbocycles. The van der Waals surface area contributed by atoms with Crippen molar-refractivity contribution in [3.05, 3.63) is 57.2 Å². The molecule has 122 valence electrons. The van der Waals surface area contributed by atoms with Crippen LogP contribution in [0.5, 0.6) is 0 Å². The molecule has 1 aliphatic heterocycles. The third-order valence-electron chi connectivity index (χ3n) is 4.31. The first kappa shape index (κ1) is 16.5. The molecule has 3 nitrogen and oxygen atoms in total. The predicted octanol–water partition coefficient (Wildman–Crippen LogP) is 4.36. The lowest BCUT2D eigenvalue weighted by Crippen LogP contribution is -2.43. The minimum absolute atomic E-state index is 0.0464. The number of nitrogens with one attached hydrogen (secondary N) is 1. The van der Waals surface area contributed by atoms with Gasteiger partial charge < -0.3 is 5.32 Å². The number of amides is 1. The molecule has 1 aromatic heterocycles. The van der Waals surface area contributed by atoms with E-state index < -0.39 is 0 Å². The number of carbonyl (C=O) groups excluding carboxylic acids is 1. The SMILES string of the molecule is C[C@@H](NC(=O)c1ccc(Cl)cc1)[C@H](c1cccs1)N1CCCC1. The fourth-order valence-electron chi connectivity index (χ4n) is 3.19. The minimum Gasteiger partial charge on any atom is -0.348 e. The van der Waals surface area contributed by atoms with Crippen LogP contribution in [-0.4, -0.2) is 29.9 Å². The summed E-state index contributed by atoms with van der Waals surface area (Å²) in [5.41, 5.74) is 0.646. The molecule has 1 amide bonds. The molecule has 0 saturated carbocycles. The van der Waals surface area contributed by atoms with Gasteiger partial charge in [0.25, 0.3) is 5.91 Å². The summed E-state index contributed by atoms with van der Waals surface area (Å²) in [7, 11) is 0. The third kappa shape index (κ3) is 3.94. The van der Waals surface area contributed by atoms with E-state index in [2.05, 4.69) is 34.7 Å². The molecule has 23 heavy (non-hydrogen) atoms. The van der Waals surface area contributed by atoms with E-state index in [9.17, 15) is 4.79 Å². The van der Waals surface area contributed by atoms with E-state index in [1.807, 2.05) is 0 Å². The largest absolute Gasteiger partial charge is 0.348 e. The number of thiophene rings is 1. The Labute approximate surface area is 146 Å². The molecule has 2 heterocycles. The van der Waals surface area contributed by atoms with E-state index in [1.54, 1.807) is 35.6 Å². The fourth-order valence-corrected chi connectivity index (χ4v) is 4.28. The van der Waals surface area contributed by atoms with Crippen LogP contribution >= 0.6 is 22.9 Å². The van der Waals surface area contributed by atoms with Crippen LogP contribution in [0.15, 0.2) is 41.8 Å². The van der Waals surface area contributed by atoms with E-state index in [0.717, 1.165) is 13.1 Å². The average molecular weight is 349 g/mol. The first-order chi connectivity index (χ1) is 11.1. The lowest BCUT2D eigenvalue weighted by atomic mass is 10.1. The monoisotopic (exact) mass is 348 g/mol. The Kier molecular flexibility index (Phi) is 5.36. The van der Waals surface area contributed by atoms with Gasteiger partial charge >= 0.3 is 0 Å². The van der Waals surface area contributed by atoms with Crippen molar-refractivity contribution >= 4 is 28.8 Å². The van der Waals surface area contributed by atoms with Crippen molar-refractivity contribution in [2.75, 3.05) is 13.1 Å². The van der Waals surface area contributed by atoms with Crippen LogP contribution in [0.4, 0.5) is 0 Å². The molecule has 3 rings (SSSR count). The second kappa shape index (κ2) is 7.47. The zero-order valence-electron chi connectivity index (χ0n) is 13.2. The Morgan fingerprint density at radius 3 is 2.52 bits per heavy atom. The molecule has 1 saturated heterocycles. The number of hydrogen-bond acceptors (Lipinski definition) is 3. The molecule has 1 aromatic carbocycles. The Hall–Kier alpha value is -1.36. The normalized spacial score (nSPS) is 17.8. The molecule has 2 atom stereocenters. The lowest BCUT2D eigenvalue weighted by molar-refractivity contribution is 0.0908. The van der Waals surface area contributed by atoms with Crippen molar-refractivity contribution in [2.45, 2.75) is 31.8 Å². The topological polar surface area (TPSA) is 32.3 Å². The maximum atomic E-state index is 12.5. The van der Waals surface area contributed by atoms with E-state index in [4.69, 9.17) is 11.6 Å². The number of halogens is 1. The van der Waals surface area contributed by atoms with Crippen molar-refractivity contribution in [1.29, 1.82) is 0 Å². The number of hydrogen-bond donors (Lipinski definition) is 1. The summed E-state index contributed by atoms with van der Waals surface area (Å²) in [6.07, 6.45) is 2.47. The van der Waals surface area contributed by atoms with Crippen molar-refractivity contribution in [2.24, 2.45) is 0 Å². The Bertz CT molecular complexity index is 636. The third-order valence-corrected chi connectivity index (χ3v) is 5.50. The summed E-state index contributed by atoms with van der Waals surface area (Å²) in [5.74, 6) is -0.0464. The van der Waals surface area contributed by atoms with Crippen LogP contribution in [0.2, 0.25) is 5.02 Å². The number of likely N-dealkylation sites (tertiary alicyclic amines) is 1. The first-order valence-corrected chi connectivity index (χ1v) is 9.25. The molecule has 0 spiro atoms. The summed E-state index contributed by atoms with van der Waals surface area (Å²) in [6, 6.07) is 11.6. The van der Waals surface area contributed by atoms with Crippen molar-refractivity contribution in [1.82, 2.24) is 10.2 Å². The van der Waals surface area contributed by atoms with Gasteiger partial charge in [0.15, 0.2) is 0 Å². The fraction of sp³-hybridized carbons (Fsp3) is 0.389. The van der Waals surface area contributed by atoms with Gasteiger partial charge in [-0.05, 0) is 68.6 Å². The Morgan fingerprint density at radius 1 is 1.22 bits per heavy atom. The molecule has 0 unspecified atom stereocenters. The number of carbonyl (C=O) groups is 1. The van der Waals surface area contributed by atoms with E-state index in [1.165, 1.54) is 17.7 Å². The summed E-state index contributed by atoms with van der Waals surface area (Å²) < 4.78 is 0. The highest BCUT2D eigenvalue weighted by atomic mass is 35.5. The second-order valence-corrected chi connectivity index (χ2v) is 7.39. The summed E-state index contributed by atoms with van der Waals surface area (Å²) >= 11 is 7.65. The molecular formula is C18H21ClN2OS. The Balaban J connectivity index is 1.74. The maximum Gasteiger partial charge on any atom is 0.251 e. The van der Waals surface area contributed by atoms with Gasteiger partial charge in [0.1, 0.15) is 0 Å². The van der Waals surface area contributed by atoms with Crippen molar-refractivity contribution in [3.8, 4) is 0 Å². The van der Waals surface area contributed by atoms with Crippen molar-refractivity contribution < 1.29 is 4.79 Å². The molecule has 2 aromatic rings. The van der Waals surface area contributed by atoms with Gasteiger partial charge in [0.2, 0.25) is 0 Å². The zero-order chi connectivity index (χ0) is 16.2. The van der Waals surface area contributed by atoms with Crippen LogP contribution in [0, 0.1) is 0 Å². The maximum absolute atomic E-state index is 12.5. The molecule has 0 radical (unpaired) electrons. The van der Waals surface area contributed by atoms with E-state index >= 15 is 0 Å². The second-order valence-electron chi connectivity index (χ2n) is 5.97. The number of benzene rings is 1. The lowest BCUT2D eigenvalue weighted by Gasteiger charge is -2.32. The summed E-state index contributed by atoms with van der Waals surface area (Å²) in [5, 5.41) is 5.91. The Morgan fingerprint density at radius 2 is 1.91 bits per heavy atom. The van der Waals surface area contributed by atoms with Crippen molar-refractivity contribution in [3.63, 3.8) is 0 Å². The highest BCUT2D eigenvalue weighted by Crippen LogP contribution is 2.31. The number of nitrogens with zero attached hydrogens (tertiary/aromatic N) is 1. The highest BCUT2D eigenvalue weighted by molar-refractivity contribution is 7.10. The molecule has 5 heteroatoms. The van der Waals surface area contributed by atoms with Gasteiger partial charge in [0.05, 0.1) is 6.04 Å². The van der Waals surface area contributed by atoms with Gasteiger partial charge in [-0.2, -0.15) is 0 Å².